The molecule has 9 heteroatoms. The molecule has 4 rings (SSSR count). The molecule has 2 aromatic carbocycles. The van der Waals surface area contributed by atoms with Gasteiger partial charge in [-0.2, -0.15) is 0 Å². The third kappa shape index (κ3) is 5.77. The van der Waals surface area contributed by atoms with Crippen molar-refractivity contribution < 1.29 is 14.3 Å². The number of benzene rings is 2. The molecular weight excluding hydrogens is 470 g/mol. The third-order valence-electron chi connectivity index (χ3n) is 6.37. The van der Waals surface area contributed by atoms with E-state index >= 15 is 0 Å². The SMILES string of the molecule is COc1ccccc1-n1c(-c2ccccc2)c(C(=O)N2CCNCC2)n(CCNC(=O)CC(C)C)c1=O. The molecule has 1 aliphatic rings. The highest BCUT2D eigenvalue weighted by Gasteiger charge is 2.31. The van der Waals surface area contributed by atoms with Crippen molar-refractivity contribution in [2.24, 2.45) is 5.92 Å². The molecule has 0 saturated carbocycles. The van der Waals surface area contributed by atoms with Gasteiger partial charge in [-0.3, -0.25) is 18.7 Å². The summed E-state index contributed by atoms with van der Waals surface area (Å²) >= 11 is 0. The van der Waals surface area contributed by atoms with E-state index in [1.165, 1.54) is 4.57 Å². The predicted molar refractivity (Wildman–Crippen MR) is 143 cm³/mol. The zero-order valence-electron chi connectivity index (χ0n) is 21.7. The number of para-hydroxylation sites is 2. The van der Waals surface area contributed by atoms with Crippen LogP contribution in [0, 0.1) is 5.92 Å². The van der Waals surface area contributed by atoms with Crippen LogP contribution in [0.4, 0.5) is 0 Å². The minimum absolute atomic E-state index is 0.0783. The number of carbonyl (C=O) groups is 2. The number of piperazine rings is 1. The highest BCUT2D eigenvalue weighted by Crippen LogP contribution is 2.31. The Morgan fingerprint density at radius 2 is 1.70 bits per heavy atom. The van der Waals surface area contributed by atoms with E-state index in [4.69, 9.17) is 4.74 Å². The molecule has 1 saturated heterocycles. The minimum atomic E-state index is -0.361. The Morgan fingerprint density at radius 1 is 1.03 bits per heavy atom. The van der Waals surface area contributed by atoms with Crippen LogP contribution in [0.3, 0.4) is 0 Å². The molecule has 3 aromatic rings. The fraction of sp³-hybridized carbons (Fsp3) is 0.393. The van der Waals surface area contributed by atoms with Gasteiger partial charge < -0.3 is 20.3 Å². The first kappa shape index (κ1) is 26.2. The highest BCUT2D eigenvalue weighted by atomic mass is 16.5. The first-order chi connectivity index (χ1) is 17.9. The van der Waals surface area contributed by atoms with E-state index in [9.17, 15) is 14.4 Å². The van der Waals surface area contributed by atoms with Crippen molar-refractivity contribution in [3.63, 3.8) is 0 Å². The van der Waals surface area contributed by atoms with Crippen molar-refractivity contribution in [1.82, 2.24) is 24.7 Å². The lowest BCUT2D eigenvalue weighted by Gasteiger charge is -2.28. The predicted octanol–water partition coefficient (Wildman–Crippen LogP) is 2.52. The lowest BCUT2D eigenvalue weighted by atomic mass is 10.1. The van der Waals surface area contributed by atoms with Gasteiger partial charge in [0.05, 0.1) is 18.5 Å². The van der Waals surface area contributed by atoms with Gasteiger partial charge in [0.15, 0.2) is 0 Å². The van der Waals surface area contributed by atoms with E-state index in [2.05, 4.69) is 10.6 Å². The largest absolute Gasteiger partial charge is 0.495 e. The molecule has 9 nitrogen and oxygen atoms in total. The average Bonchev–Trinajstić information content (AvgIpc) is 3.20. The third-order valence-corrected chi connectivity index (χ3v) is 6.37. The van der Waals surface area contributed by atoms with Crippen molar-refractivity contribution >= 4 is 11.8 Å². The van der Waals surface area contributed by atoms with Gasteiger partial charge in [0, 0.05) is 51.3 Å². The van der Waals surface area contributed by atoms with Crippen molar-refractivity contribution in [1.29, 1.82) is 0 Å². The maximum absolute atomic E-state index is 14.1. The molecule has 0 radical (unpaired) electrons. The number of methoxy groups -OCH3 is 1. The molecule has 1 aliphatic heterocycles. The Kier molecular flexibility index (Phi) is 8.45. The number of nitrogens with one attached hydrogen (secondary N) is 2. The molecule has 37 heavy (non-hydrogen) atoms. The zero-order chi connectivity index (χ0) is 26.4. The Hall–Kier alpha value is -3.85. The number of hydrogen-bond donors (Lipinski definition) is 2. The zero-order valence-corrected chi connectivity index (χ0v) is 21.7. The van der Waals surface area contributed by atoms with E-state index < -0.39 is 0 Å². The topological polar surface area (TPSA) is 97.6 Å². The van der Waals surface area contributed by atoms with Gasteiger partial charge in [-0.15, -0.1) is 0 Å². The Balaban J connectivity index is 1.89. The summed E-state index contributed by atoms with van der Waals surface area (Å²) in [6.07, 6.45) is 0.402. The summed E-state index contributed by atoms with van der Waals surface area (Å²) < 4.78 is 8.64. The van der Waals surface area contributed by atoms with E-state index in [0.29, 0.717) is 55.4 Å². The van der Waals surface area contributed by atoms with Crippen LogP contribution in [-0.4, -0.2) is 65.7 Å². The summed E-state index contributed by atoms with van der Waals surface area (Å²) in [5, 5.41) is 6.17. The van der Waals surface area contributed by atoms with Crippen LogP contribution in [0.5, 0.6) is 5.75 Å². The molecule has 1 fully saturated rings. The van der Waals surface area contributed by atoms with Crippen LogP contribution in [0.15, 0.2) is 59.4 Å². The number of hydrogen-bond acceptors (Lipinski definition) is 5. The molecule has 2 heterocycles. The van der Waals surface area contributed by atoms with Crippen LogP contribution >= 0.6 is 0 Å². The molecule has 0 unspecified atom stereocenters. The second-order valence-corrected chi connectivity index (χ2v) is 9.49. The molecule has 0 aliphatic carbocycles. The first-order valence-corrected chi connectivity index (χ1v) is 12.7. The standard InChI is InChI=1S/C28H35N5O4/c1-20(2)19-24(34)30-15-18-32-26(27(35)31-16-13-29-14-17-31)25(21-9-5-4-6-10-21)33(28(32)36)22-11-7-8-12-23(22)37-3/h4-12,20,29H,13-19H2,1-3H3,(H,30,34). The summed E-state index contributed by atoms with van der Waals surface area (Å²) in [6, 6.07) is 16.7. The van der Waals surface area contributed by atoms with Crippen molar-refractivity contribution in [2.45, 2.75) is 26.8 Å². The second-order valence-electron chi connectivity index (χ2n) is 9.49. The summed E-state index contributed by atoms with van der Waals surface area (Å²) in [6.45, 7) is 6.83. The van der Waals surface area contributed by atoms with Gasteiger partial charge in [0.1, 0.15) is 11.4 Å². The lowest BCUT2D eigenvalue weighted by Crippen LogP contribution is -2.47. The molecule has 0 atom stereocenters. The second kappa shape index (κ2) is 11.9. The monoisotopic (exact) mass is 505 g/mol. The van der Waals surface area contributed by atoms with Crippen LogP contribution in [0.2, 0.25) is 0 Å². The normalized spacial score (nSPS) is 13.6. The lowest BCUT2D eigenvalue weighted by molar-refractivity contribution is -0.121. The Bertz CT molecular complexity index is 1290. The number of carbonyl (C=O) groups excluding carboxylic acids is 2. The summed E-state index contributed by atoms with van der Waals surface area (Å²) in [5.41, 5.74) is 1.74. The smallest absolute Gasteiger partial charge is 0.334 e. The van der Waals surface area contributed by atoms with Gasteiger partial charge in [-0.05, 0) is 18.1 Å². The van der Waals surface area contributed by atoms with Crippen LogP contribution < -0.4 is 21.1 Å². The average molecular weight is 506 g/mol. The van der Waals surface area contributed by atoms with Crippen molar-refractivity contribution in [3.8, 4) is 22.7 Å². The fourth-order valence-corrected chi connectivity index (χ4v) is 4.64. The maximum Gasteiger partial charge on any atom is 0.334 e. The van der Waals surface area contributed by atoms with E-state index in [-0.39, 0.29) is 36.5 Å². The fourth-order valence-electron chi connectivity index (χ4n) is 4.64. The van der Waals surface area contributed by atoms with Gasteiger partial charge in [-0.25, -0.2) is 4.79 Å². The summed E-state index contributed by atoms with van der Waals surface area (Å²) in [7, 11) is 1.56. The van der Waals surface area contributed by atoms with Gasteiger partial charge in [-0.1, -0.05) is 56.3 Å². The number of nitrogens with zero attached hydrogens (tertiary/aromatic N) is 3. The van der Waals surface area contributed by atoms with Gasteiger partial charge in [0.25, 0.3) is 5.91 Å². The Labute approximate surface area is 217 Å². The van der Waals surface area contributed by atoms with E-state index in [1.54, 1.807) is 28.7 Å². The molecular formula is C28H35N5O4. The summed E-state index contributed by atoms with van der Waals surface area (Å²) in [4.78, 5) is 42.1. The van der Waals surface area contributed by atoms with E-state index in [0.717, 1.165) is 5.56 Å². The quantitative estimate of drug-likeness (QED) is 0.466. The highest BCUT2D eigenvalue weighted by molar-refractivity contribution is 5.99. The summed E-state index contributed by atoms with van der Waals surface area (Å²) in [5.74, 6) is 0.458. The van der Waals surface area contributed by atoms with Crippen LogP contribution in [0.1, 0.15) is 30.8 Å². The number of imidazole rings is 1. The first-order valence-electron chi connectivity index (χ1n) is 12.7. The number of ether oxygens (including phenoxy) is 1. The maximum atomic E-state index is 14.1. The molecule has 196 valence electrons. The number of rotatable bonds is 9. The molecule has 0 spiro atoms. The number of aromatic nitrogens is 2. The van der Waals surface area contributed by atoms with Crippen LogP contribution in [0.25, 0.3) is 16.9 Å². The number of amides is 2. The van der Waals surface area contributed by atoms with E-state index in [1.807, 2.05) is 56.3 Å². The van der Waals surface area contributed by atoms with Crippen LogP contribution in [-0.2, 0) is 11.3 Å². The molecule has 2 amide bonds. The van der Waals surface area contributed by atoms with Crippen molar-refractivity contribution in [3.05, 3.63) is 70.8 Å². The minimum Gasteiger partial charge on any atom is -0.495 e. The van der Waals surface area contributed by atoms with Gasteiger partial charge >= 0.3 is 5.69 Å². The Morgan fingerprint density at radius 3 is 2.38 bits per heavy atom. The van der Waals surface area contributed by atoms with Crippen molar-refractivity contribution in [2.75, 3.05) is 39.8 Å². The molecule has 0 bridgehead atoms. The molecule has 1 aromatic heterocycles. The van der Waals surface area contributed by atoms with Gasteiger partial charge in [0.2, 0.25) is 5.91 Å². The molecule has 2 N–H and O–H groups in total.